The zero-order chi connectivity index (χ0) is 43.5. The summed E-state index contributed by atoms with van der Waals surface area (Å²) in [5.74, 6) is 0. The zero-order valence-electron chi connectivity index (χ0n) is 36.6. The number of anilines is 3. The Kier molecular flexibility index (Phi) is 9.26. The van der Waals surface area contributed by atoms with Gasteiger partial charge in [-0.05, 0) is 130 Å². The van der Waals surface area contributed by atoms with Crippen molar-refractivity contribution in [2.45, 2.75) is 19.3 Å². The van der Waals surface area contributed by atoms with E-state index in [1.165, 1.54) is 87.5 Å². The van der Waals surface area contributed by atoms with Crippen LogP contribution in [-0.2, 0) is 5.41 Å². The summed E-state index contributed by atoms with van der Waals surface area (Å²) in [5, 5.41) is 5.65. The average molecular weight is 846 g/mol. The molecule has 0 amide bonds. The van der Waals surface area contributed by atoms with Crippen molar-refractivity contribution in [2.24, 2.45) is 0 Å². The molecule has 2 aliphatic rings. The maximum atomic E-state index is 2.53. The predicted molar refractivity (Wildman–Crippen MR) is 278 cm³/mol. The predicted octanol–water partition coefficient (Wildman–Crippen LogP) is 13.8. The van der Waals surface area contributed by atoms with Crippen LogP contribution in [0, 0.1) is 0 Å². The van der Waals surface area contributed by atoms with E-state index in [0.717, 1.165) is 17.1 Å². The SMILES string of the molecule is CC1(C)c2cc(N(c3cc(-c4ccccc4)cc(-c4ccccc4)c3)c3cccc([Si]4(c5ccccc5)c5ccccc5-c5ccccc54)c3)ccc2-c2c(-c3ccccc3)cccc21. The van der Waals surface area contributed by atoms with E-state index in [1.807, 2.05) is 0 Å². The molecular weight excluding hydrogens is 799 g/mol. The van der Waals surface area contributed by atoms with Crippen LogP contribution >= 0.6 is 0 Å². The first-order valence-corrected chi connectivity index (χ1v) is 24.8. The van der Waals surface area contributed by atoms with Crippen molar-refractivity contribution < 1.29 is 0 Å². The third-order valence-corrected chi connectivity index (χ3v) is 19.0. The molecule has 0 N–H and O–H groups in total. The van der Waals surface area contributed by atoms with Crippen LogP contribution < -0.4 is 25.6 Å². The van der Waals surface area contributed by atoms with Crippen molar-refractivity contribution >= 4 is 45.9 Å². The molecule has 1 aliphatic carbocycles. The molecule has 2 heteroatoms. The number of hydrogen-bond donors (Lipinski definition) is 0. The average Bonchev–Trinajstić information content (AvgIpc) is 3.80. The van der Waals surface area contributed by atoms with E-state index in [9.17, 15) is 0 Å². The van der Waals surface area contributed by atoms with Crippen molar-refractivity contribution in [1.82, 2.24) is 0 Å². The number of fused-ring (bicyclic) bond motifs is 6. The van der Waals surface area contributed by atoms with Gasteiger partial charge in [0.05, 0.1) is 0 Å². The summed E-state index contributed by atoms with van der Waals surface area (Å²) in [6.07, 6.45) is 0. The molecule has 1 heterocycles. The molecule has 0 bridgehead atoms. The normalized spacial score (nSPS) is 13.6. The number of benzene rings is 10. The largest absolute Gasteiger partial charge is 0.310 e. The maximum Gasteiger partial charge on any atom is 0.180 e. The Labute approximate surface area is 383 Å². The smallest absolute Gasteiger partial charge is 0.180 e. The third kappa shape index (κ3) is 6.20. The second-order valence-corrected chi connectivity index (χ2v) is 21.8. The van der Waals surface area contributed by atoms with Crippen LogP contribution in [0.2, 0.25) is 0 Å². The molecule has 308 valence electrons. The summed E-state index contributed by atoms with van der Waals surface area (Å²) in [5.41, 5.74) is 18.5. The quantitative estimate of drug-likeness (QED) is 0.138. The lowest BCUT2D eigenvalue weighted by atomic mass is 9.81. The van der Waals surface area contributed by atoms with E-state index in [0.29, 0.717) is 0 Å². The fourth-order valence-corrected chi connectivity index (χ4v) is 16.4. The fraction of sp³-hybridized carbons (Fsp3) is 0.0476. The molecule has 10 aromatic carbocycles. The van der Waals surface area contributed by atoms with E-state index in [4.69, 9.17) is 0 Å². The second kappa shape index (κ2) is 15.5. The highest BCUT2D eigenvalue weighted by molar-refractivity contribution is 7.22. The Hall–Kier alpha value is -7.78. The summed E-state index contributed by atoms with van der Waals surface area (Å²) < 4.78 is 0. The van der Waals surface area contributed by atoms with E-state index < -0.39 is 8.07 Å². The van der Waals surface area contributed by atoms with Gasteiger partial charge in [0.25, 0.3) is 0 Å². The summed E-state index contributed by atoms with van der Waals surface area (Å²) in [6.45, 7) is 4.80. The van der Waals surface area contributed by atoms with Crippen LogP contribution in [0.4, 0.5) is 17.1 Å². The lowest BCUT2D eigenvalue weighted by Gasteiger charge is -2.33. The molecule has 65 heavy (non-hydrogen) atoms. The first-order valence-electron chi connectivity index (χ1n) is 22.8. The van der Waals surface area contributed by atoms with Gasteiger partial charge in [0, 0.05) is 22.5 Å². The lowest BCUT2D eigenvalue weighted by Crippen LogP contribution is -2.72. The van der Waals surface area contributed by atoms with Gasteiger partial charge in [-0.3, -0.25) is 0 Å². The summed E-state index contributed by atoms with van der Waals surface area (Å²) >= 11 is 0. The molecule has 12 rings (SSSR count). The fourth-order valence-electron chi connectivity index (χ4n) is 11.1. The Morgan fingerprint density at radius 1 is 0.308 bits per heavy atom. The molecule has 0 aromatic heterocycles. The second-order valence-electron chi connectivity index (χ2n) is 18.0. The van der Waals surface area contributed by atoms with Crippen molar-refractivity contribution in [3.8, 4) is 55.6 Å². The minimum absolute atomic E-state index is 0.221. The summed E-state index contributed by atoms with van der Waals surface area (Å²) in [7, 11) is -2.78. The van der Waals surface area contributed by atoms with Gasteiger partial charge in [-0.1, -0.05) is 220 Å². The van der Waals surface area contributed by atoms with Gasteiger partial charge >= 0.3 is 0 Å². The Morgan fingerprint density at radius 3 is 1.42 bits per heavy atom. The molecule has 0 saturated heterocycles. The Bertz CT molecular complexity index is 3290. The van der Waals surface area contributed by atoms with Gasteiger partial charge in [0.2, 0.25) is 0 Å². The molecule has 0 saturated carbocycles. The Balaban J connectivity index is 1.12. The number of nitrogens with zero attached hydrogens (tertiary/aromatic N) is 1. The van der Waals surface area contributed by atoms with Gasteiger partial charge in [-0.25, -0.2) is 0 Å². The molecule has 1 nitrogen and oxygen atoms in total. The molecule has 0 fully saturated rings. The van der Waals surface area contributed by atoms with Crippen LogP contribution in [0.1, 0.15) is 25.0 Å². The maximum absolute atomic E-state index is 2.78. The first kappa shape index (κ1) is 38.9. The monoisotopic (exact) mass is 845 g/mol. The number of rotatable bonds is 8. The number of hydrogen-bond acceptors (Lipinski definition) is 1. The molecule has 0 atom stereocenters. The lowest BCUT2D eigenvalue weighted by molar-refractivity contribution is 0.660. The standard InChI is InChI=1S/C63H47NSi/c1-63(2)58-34-20-33-54(46-25-11-5-12-26-46)62(58)57-38-37-50(43-59(57)63)64(51-40-47(44-21-7-3-8-22-44)39-48(41-51)45-23-9-4-10-24-45)49-27-19-30-53(42-49)65(52-28-13-6-14-29-52)60-35-17-15-31-55(60)56-32-16-18-36-61(56)65/h3-43H,1-2H3. The van der Waals surface area contributed by atoms with Gasteiger partial charge < -0.3 is 4.90 Å². The highest BCUT2D eigenvalue weighted by atomic mass is 28.3. The van der Waals surface area contributed by atoms with Crippen molar-refractivity contribution in [1.29, 1.82) is 0 Å². The minimum Gasteiger partial charge on any atom is -0.310 e. The topological polar surface area (TPSA) is 3.24 Å². The van der Waals surface area contributed by atoms with Gasteiger partial charge in [-0.2, -0.15) is 0 Å². The van der Waals surface area contributed by atoms with Crippen LogP contribution in [0.25, 0.3) is 55.6 Å². The van der Waals surface area contributed by atoms with E-state index in [1.54, 1.807) is 0 Å². The van der Waals surface area contributed by atoms with E-state index in [2.05, 4.69) is 267 Å². The highest BCUT2D eigenvalue weighted by Crippen LogP contribution is 2.54. The van der Waals surface area contributed by atoms with E-state index in [-0.39, 0.29) is 5.41 Å². The molecule has 0 spiro atoms. The van der Waals surface area contributed by atoms with Gasteiger partial charge in [0.15, 0.2) is 8.07 Å². The van der Waals surface area contributed by atoms with Crippen molar-refractivity contribution in [3.05, 3.63) is 260 Å². The van der Waals surface area contributed by atoms with Gasteiger partial charge in [0.1, 0.15) is 0 Å². The van der Waals surface area contributed by atoms with Crippen LogP contribution in [0.3, 0.4) is 0 Å². The van der Waals surface area contributed by atoms with E-state index >= 15 is 0 Å². The third-order valence-electron chi connectivity index (χ3n) is 14.1. The summed E-state index contributed by atoms with van der Waals surface area (Å²) in [6, 6.07) is 93.0. The highest BCUT2D eigenvalue weighted by Gasteiger charge is 2.48. The van der Waals surface area contributed by atoms with Crippen LogP contribution in [-0.4, -0.2) is 8.07 Å². The summed E-state index contributed by atoms with van der Waals surface area (Å²) in [4.78, 5) is 2.53. The van der Waals surface area contributed by atoms with Crippen LogP contribution in [0.15, 0.2) is 249 Å². The molecule has 0 radical (unpaired) electrons. The van der Waals surface area contributed by atoms with Crippen molar-refractivity contribution in [2.75, 3.05) is 4.90 Å². The zero-order valence-corrected chi connectivity index (χ0v) is 37.6. The molecule has 1 aliphatic heterocycles. The van der Waals surface area contributed by atoms with Crippen molar-refractivity contribution in [3.63, 3.8) is 0 Å². The minimum atomic E-state index is -2.78. The molecule has 10 aromatic rings. The van der Waals surface area contributed by atoms with Crippen LogP contribution in [0.5, 0.6) is 0 Å². The molecular formula is C63H47NSi. The first-order chi connectivity index (χ1) is 32.0. The Morgan fingerprint density at radius 2 is 0.800 bits per heavy atom. The van der Waals surface area contributed by atoms with Gasteiger partial charge in [-0.15, -0.1) is 0 Å². The molecule has 0 unspecified atom stereocenters.